The summed E-state index contributed by atoms with van der Waals surface area (Å²) in [5, 5.41) is 0.157. The number of carbonyl (C=O) groups is 1. The first-order chi connectivity index (χ1) is 15.3. The van der Waals surface area contributed by atoms with E-state index in [1.54, 1.807) is 23.4 Å². The number of nitrogens with zero attached hydrogens (tertiary/aromatic N) is 4. The molecule has 1 N–H and O–H groups in total. The third-order valence-electron chi connectivity index (χ3n) is 4.98. The molecule has 1 fully saturated rings. The van der Waals surface area contributed by atoms with Gasteiger partial charge in [-0.15, -0.1) is 0 Å². The molecule has 2 heterocycles. The summed E-state index contributed by atoms with van der Waals surface area (Å²) in [5.74, 6) is -0.244. The van der Waals surface area contributed by atoms with Gasteiger partial charge < -0.3 is 9.80 Å². The molecule has 0 spiro atoms. The van der Waals surface area contributed by atoms with Gasteiger partial charge in [-0.05, 0) is 48.5 Å². The lowest BCUT2D eigenvalue weighted by atomic mass is 10.2. The topological polar surface area (TPSA) is 95.5 Å². The molecule has 1 saturated heterocycles. The Labute approximate surface area is 189 Å². The van der Waals surface area contributed by atoms with E-state index in [0.29, 0.717) is 32.1 Å². The maximum absolute atomic E-state index is 13.1. The van der Waals surface area contributed by atoms with Crippen LogP contribution >= 0.6 is 11.6 Å². The number of amides is 1. The first-order valence-corrected chi connectivity index (χ1v) is 11.6. The van der Waals surface area contributed by atoms with E-state index in [-0.39, 0.29) is 27.1 Å². The van der Waals surface area contributed by atoms with Gasteiger partial charge in [0.1, 0.15) is 5.82 Å². The van der Waals surface area contributed by atoms with Crippen molar-refractivity contribution in [3.05, 3.63) is 77.3 Å². The third-order valence-corrected chi connectivity index (χ3v) is 6.69. The summed E-state index contributed by atoms with van der Waals surface area (Å²) >= 11 is 6.23. The molecule has 0 saturated carbocycles. The molecule has 8 nitrogen and oxygen atoms in total. The molecular formula is C21H19ClFN5O3S. The number of halogens is 2. The summed E-state index contributed by atoms with van der Waals surface area (Å²) in [6, 6.07) is 10.6. The Morgan fingerprint density at radius 1 is 1.00 bits per heavy atom. The van der Waals surface area contributed by atoms with Gasteiger partial charge in [0.05, 0.1) is 15.5 Å². The van der Waals surface area contributed by atoms with E-state index >= 15 is 0 Å². The lowest BCUT2D eigenvalue weighted by Crippen LogP contribution is -2.49. The SMILES string of the molecule is O=C(c1cc(S(=O)(=O)Nc2ccc(F)cc2)ccc1Cl)N1CCN(c2ncccn2)CC1. The Bertz CT molecular complexity index is 1220. The van der Waals surface area contributed by atoms with Crippen LogP contribution in [0.25, 0.3) is 0 Å². The van der Waals surface area contributed by atoms with Gasteiger partial charge in [-0.1, -0.05) is 11.6 Å². The van der Waals surface area contributed by atoms with Crippen LogP contribution in [0, 0.1) is 5.82 Å². The second-order valence-electron chi connectivity index (χ2n) is 7.08. The number of piperazine rings is 1. The highest BCUT2D eigenvalue weighted by Crippen LogP contribution is 2.24. The van der Waals surface area contributed by atoms with E-state index in [1.807, 2.05) is 4.90 Å². The average Bonchev–Trinajstić information content (AvgIpc) is 2.81. The maximum atomic E-state index is 13.1. The van der Waals surface area contributed by atoms with Crippen LogP contribution in [-0.4, -0.2) is 55.4 Å². The molecule has 0 unspecified atom stereocenters. The Morgan fingerprint density at radius 3 is 2.31 bits per heavy atom. The van der Waals surface area contributed by atoms with Crippen molar-refractivity contribution in [2.75, 3.05) is 35.8 Å². The van der Waals surface area contributed by atoms with Gasteiger partial charge in [0.2, 0.25) is 5.95 Å². The van der Waals surface area contributed by atoms with Crippen LogP contribution < -0.4 is 9.62 Å². The van der Waals surface area contributed by atoms with E-state index in [9.17, 15) is 17.6 Å². The molecule has 1 aliphatic rings. The van der Waals surface area contributed by atoms with Gasteiger partial charge in [0.25, 0.3) is 15.9 Å². The zero-order valence-electron chi connectivity index (χ0n) is 16.8. The number of hydrogen-bond acceptors (Lipinski definition) is 6. The van der Waals surface area contributed by atoms with Crippen LogP contribution in [0.3, 0.4) is 0 Å². The van der Waals surface area contributed by atoms with Crippen LogP contribution in [0.2, 0.25) is 5.02 Å². The van der Waals surface area contributed by atoms with E-state index in [0.717, 1.165) is 12.1 Å². The molecule has 0 atom stereocenters. The number of sulfonamides is 1. The molecule has 0 bridgehead atoms. The molecule has 3 aromatic rings. The van der Waals surface area contributed by atoms with Crippen molar-refractivity contribution < 1.29 is 17.6 Å². The van der Waals surface area contributed by atoms with Crippen molar-refractivity contribution in [3.63, 3.8) is 0 Å². The number of rotatable bonds is 5. The first kappa shape index (κ1) is 22.0. The van der Waals surface area contributed by atoms with E-state index in [4.69, 9.17) is 11.6 Å². The van der Waals surface area contributed by atoms with E-state index in [2.05, 4.69) is 14.7 Å². The number of anilines is 2. The molecule has 0 aliphatic carbocycles. The predicted octanol–water partition coefficient (Wildman–Crippen LogP) is 3.03. The zero-order chi connectivity index (χ0) is 22.7. The van der Waals surface area contributed by atoms with Crippen LogP contribution in [0.4, 0.5) is 16.0 Å². The van der Waals surface area contributed by atoms with Crippen LogP contribution in [-0.2, 0) is 10.0 Å². The number of nitrogens with one attached hydrogen (secondary N) is 1. The van der Waals surface area contributed by atoms with Crippen LogP contribution in [0.15, 0.2) is 65.8 Å². The quantitative estimate of drug-likeness (QED) is 0.609. The summed E-state index contributed by atoms with van der Waals surface area (Å²) in [4.78, 5) is 25.0. The summed E-state index contributed by atoms with van der Waals surface area (Å²) in [6.45, 7) is 1.91. The smallest absolute Gasteiger partial charge is 0.261 e. The van der Waals surface area contributed by atoms with E-state index < -0.39 is 15.8 Å². The molecule has 166 valence electrons. The lowest BCUT2D eigenvalue weighted by Gasteiger charge is -2.34. The lowest BCUT2D eigenvalue weighted by molar-refractivity contribution is 0.0746. The predicted molar refractivity (Wildman–Crippen MR) is 119 cm³/mol. The number of benzene rings is 2. The Morgan fingerprint density at radius 2 is 1.66 bits per heavy atom. The van der Waals surface area contributed by atoms with Crippen molar-refractivity contribution in [1.29, 1.82) is 0 Å². The standard InChI is InChI=1S/C21H19ClFN5O3S/c22-19-7-6-17(32(30,31)26-16-4-2-15(23)3-5-16)14-18(19)20(29)27-10-12-28(13-11-27)21-24-8-1-9-25-21/h1-9,14,26H,10-13H2. The van der Waals surface area contributed by atoms with Crippen molar-refractivity contribution in [3.8, 4) is 0 Å². The van der Waals surface area contributed by atoms with Crippen molar-refractivity contribution >= 4 is 39.2 Å². The third kappa shape index (κ3) is 4.81. The average molecular weight is 476 g/mol. The molecular weight excluding hydrogens is 457 g/mol. The fraction of sp³-hybridized carbons (Fsp3) is 0.190. The molecule has 1 aromatic heterocycles. The largest absolute Gasteiger partial charge is 0.337 e. The normalized spacial score (nSPS) is 14.3. The summed E-state index contributed by atoms with van der Waals surface area (Å²) < 4.78 is 41.0. The zero-order valence-corrected chi connectivity index (χ0v) is 18.4. The molecule has 4 rings (SSSR count). The monoisotopic (exact) mass is 475 g/mol. The van der Waals surface area contributed by atoms with Gasteiger partial charge in [0.15, 0.2) is 0 Å². The Balaban J connectivity index is 1.50. The first-order valence-electron chi connectivity index (χ1n) is 9.73. The molecule has 1 amide bonds. The van der Waals surface area contributed by atoms with Crippen molar-refractivity contribution in [2.45, 2.75) is 4.90 Å². The summed E-state index contributed by atoms with van der Waals surface area (Å²) in [7, 11) is -4.00. The van der Waals surface area contributed by atoms with Gasteiger partial charge in [0, 0.05) is 44.3 Å². The van der Waals surface area contributed by atoms with Gasteiger partial charge in [-0.2, -0.15) is 0 Å². The van der Waals surface area contributed by atoms with Gasteiger partial charge >= 0.3 is 0 Å². The highest BCUT2D eigenvalue weighted by molar-refractivity contribution is 7.92. The minimum absolute atomic E-state index is 0.0954. The maximum Gasteiger partial charge on any atom is 0.261 e. The fourth-order valence-electron chi connectivity index (χ4n) is 3.30. The number of carbonyl (C=O) groups excluding carboxylic acids is 1. The van der Waals surface area contributed by atoms with Crippen molar-refractivity contribution in [2.24, 2.45) is 0 Å². The molecule has 0 radical (unpaired) electrons. The minimum Gasteiger partial charge on any atom is -0.337 e. The van der Waals surface area contributed by atoms with Gasteiger partial charge in [-0.25, -0.2) is 22.8 Å². The molecule has 2 aromatic carbocycles. The fourth-order valence-corrected chi connectivity index (χ4v) is 4.58. The van der Waals surface area contributed by atoms with Gasteiger partial charge in [-0.3, -0.25) is 9.52 Å². The number of hydrogen-bond donors (Lipinski definition) is 1. The minimum atomic E-state index is -4.00. The number of aromatic nitrogens is 2. The summed E-state index contributed by atoms with van der Waals surface area (Å²) in [5.41, 5.74) is 0.298. The highest BCUT2D eigenvalue weighted by atomic mass is 35.5. The second kappa shape index (κ2) is 9.09. The Kier molecular flexibility index (Phi) is 6.24. The van der Waals surface area contributed by atoms with E-state index in [1.165, 1.54) is 30.3 Å². The van der Waals surface area contributed by atoms with Crippen LogP contribution in [0.5, 0.6) is 0 Å². The van der Waals surface area contributed by atoms with Crippen LogP contribution in [0.1, 0.15) is 10.4 Å². The summed E-state index contributed by atoms with van der Waals surface area (Å²) in [6.07, 6.45) is 3.32. The van der Waals surface area contributed by atoms with Crippen molar-refractivity contribution in [1.82, 2.24) is 14.9 Å². The molecule has 1 aliphatic heterocycles. The molecule has 32 heavy (non-hydrogen) atoms. The second-order valence-corrected chi connectivity index (χ2v) is 9.17. The molecule has 11 heteroatoms. The Hall–Kier alpha value is -3.24. The highest BCUT2D eigenvalue weighted by Gasteiger charge is 2.26.